The van der Waals surface area contributed by atoms with Crippen molar-refractivity contribution in [3.8, 4) is 0 Å². The molecule has 19 atom stereocenters. The molecule has 62 heavy (non-hydrogen) atoms. The number of allylic oxidation sites excluding steroid dienone is 17. The molecule has 1 aromatic rings. The van der Waals surface area contributed by atoms with Crippen LogP contribution in [0.5, 0.6) is 0 Å². The summed E-state index contributed by atoms with van der Waals surface area (Å²) in [5.41, 5.74) is 26.6. The van der Waals surface area contributed by atoms with Crippen LogP contribution in [0.2, 0.25) is 0 Å². The number of aryl methyl sites for hydroxylation is 1. The predicted octanol–water partition coefficient (Wildman–Crippen LogP) is 13.0. The van der Waals surface area contributed by atoms with Crippen molar-refractivity contribution in [2.45, 2.75) is 96.4 Å². The maximum Gasteiger partial charge on any atom is 0.0457 e. The lowest BCUT2D eigenvalue weighted by atomic mass is 9.36. The molecule has 2 spiro atoms. The first-order valence-corrected chi connectivity index (χ1v) is 26.7. The number of nitrogens with zero attached hydrogens (tertiary/aromatic N) is 1. The molecule has 1 saturated heterocycles. The van der Waals surface area contributed by atoms with Gasteiger partial charge in [-0.1, -0.05) is 154 Å². The number of hydrogen-bond acceptors (Lipinski definition) is 1. The van der Waals surface area contributed by atoms with E-state index in [2.05, 4.69) is 103 Å². The smallest absolute Gasteiger partial charge is 0.0457 e. The predicted molar refractivity (Wildman–Crippen MR) is 246 cm³/mol. The molecule has 7 fully saturated rings. The van der Waals surface area contributed by atoms with E-state index >= 15 is 0 Å². The van der Waals surface area contributed by atoms with Crippen LogP contribution in [-0.4, -0.2) is 18.5 Å². The third-order valence-electron chi connectivity index (χ3n) is 23.6. The van der Waals surface area contributed by atoms with Crippen LogP contribution >= 0.6 is 0 Å². The Hall–Kier alpha value is -3.42. The Kier molecular flexibility index (Phi) is 5.93. The van der Waals surface area contributed by atoms with E-state index in [9.17, 15) is 0 Å². The van der Waals surface area contributed by atoms with Gasteiger partial charge in [0.15, 0.2) is 0 Å². The third kappa shape index (κ3) is 3.15. The molecule has 1 heteroatoms. The van der Waals surface area contributed by atoms with Gasteiger partial charge < -0.3 is 0 Å². The van der Waals surface area contributed by atoms with Crippen molar-refractivity contribution in [3.05, 3.63) is 151 Å². The molecular formula is C61H63N. The van der Waals surface area contributed by atoms with Crippen molar-refractivity contribution in [2.24, 2.45) is 106 Å². The van der Waals surface area contributed by atoms with Crippen molar-refractivity contribution in [3.63, 3.8) is 0 Å². The number of fused-ring (bicyclic) bond motifs is 2. The van der Waals surface area contributed by atoms with Crippen LogP contribution in [0.4, 0.5) is 0 Å². The maximum atomic E-state index is 2.99. The van der Waals surface area contributed by atoms with Crippen molar-refractivity contribution in [1.29, 1.82) is 0 Å². The number of likely N-dealkylation sites (tertiary alicyclic amines) is 1. The minimum atomic E-state index is 0.100. The van der Waals surface area contributed by atoms with Gasteiger partial charge in [0.25, 0.3) is 0 Å². The first kappa shape index (κ1) is 34.0. The Morgan fingerprint density at radius 1 is 0.613 bits per heavy atom. The standard InChI is InChI=1S/C61H63N/c1-3-4-5-6-7-8-9-10-11-12-13-29-14-16-30(17-15-29)59-61-40-27-26-39-37-24-22-35-33-20-18-31-32-19-21-34-36-23-25-38(40)48-46(36)51-44(34)42(32)49-41(31)43(33)50-45(35)47(37)57(60(39,61)28-62(59)2)55-53(50)52(49)54(51)56(55)58(48)61/h14-22,24,26-27,33-36,41-46,48,51,54-56,58-59H,3-13,23,25,28H2,1-2H3. The molecule has 0 bridgehead atoms. The zero-order valence-corrected chi connectivity index (χ0v) is 37.1. The largest absolute Gasteiger partial charge is 0.297 e. The van der Waals surface area contributed by atoms with Crippen molar-refractivity contribution in [2.75, 3.05) is 13.6 Å². The summed E-state index contributed by atoms with van der Waals surface area (Å²) >= 11 is 0. The summed E-state index contributed by atoms with van der Waals surface area (Å²) in [6.45, 7) is 3.54. The Morgan fingerprint density at radius 3 is 2.21 bits per heavy atom. The van der Waals surface area contributed by atoms with Crippen molar-refractivity contribution in [1.82, 2.24) is 4.90 Å². The summed E-state index contributed by atoms with van der Waals surface area (Å²) in [6.07, 6.45) is 40.6. The highest BCUT2D eigenvalue weighted by molar-refractivity contribution is 5.82. The van der Waals surface area contributed by atoms with Crippen LogP contribution in [0.3, 0.4) is 0 Å². The van der Waals surface area contributed by atoms with E-state index in [4.69, 9.17) is 0 Å². The fourth-order valence-electron chi connectivity index (χ4n) is 23.1. The lowest BCUT2D eigenvalue weighted by Crippen LogP contribution is -2.62. The molecule has 1 aliphatic heterocycles. The Labute approximate surface area is 369 Å². The van der Waals surface area contributed by atoms with Crippen LogP contribution in [0.15, 0.2) is 140 Å². The third-order valence-corrected chi connectivity index (χ3v) is 23.6. The highest BCUT2D eigenvalue weighted by Gasteiger charge is 2.87. The zero-order chi connectivity index (χ0) is 39.9. The highest BCUT2D eigenvalue weighted by atomic mass is 15.2. The lowest BCUT2D eigenvalue weighted by Gasteiger charge is -2.65. The van der Waals surface area contributed by atoms with E-state index < -0.39 is 0 Å². The summed E-state index contributed by atoms with van der Waals surface area (Å²) in [4.78, 5) is 2.99. The van der Waals surface area contributed by atoms with Gasteiger partial charge in [0.2, 0.25) is 0 Å². The monoisotopic (exact) mass is 809 g/mol. The molecule has 0 radical (unpaired) electrons. The summed E-state index contributed by atoms with van der Waals surface area (Å²) in [7, 11) is 2.60. The number of benzene rings is 1. The molecular weight excluding hydrogens is 747 g/mol. The van der Waals surface area contributed by atoms with Gasteiger partial charge in [-0.15, -0.1) is 0 Å². The molecule has 1 heterocycles. The van der Waals surface area contributed by atoms with Crippen LogP contribution in [-0.2, 0) is 6.42 Å². The summed E-state index contributed by atoms with van der Waals surface area (Å²) in [5, 5.41) is 0. The van der Waals surface area contributed by atoms with Crippen LogP contribution < -0.4 is 0 Å². The van der Waals surface area contributed by atoms with E-state index in [-0.39, 0.29) is 10.8 Å². The molecule has 1 aromatic carbocycles. The molecule has 312 valence electrons. The number of rotatable bonds is 12. The molecule has 16 aliphatic carbocycles. The highest BCUT2D eigenvalue weighted by Crippen LogP contribution is 2.93. The summed E-state index contributed by atoms with van der Waals surface area (Å²) < 4.78 is 0. The van der Waals surface area contributed by atoms with Gasteiger partial charge >= 0.3 is 0 Å². The van der Waals surface area contributed by atoms with E-state index in [1.165, 1.54) is 90.0 Å². The van der Waals surface area contributed by atoms with E-state index in [0.717, 1.165) is 59.2 Å². The minimum absolute atomic E-state index is 0.100. The fourth-order valence-corrected chi connectivity index (χ4v) is 23.1. The SMILES string of the molecule is CCCCCCCCCCCCc1ccc(C2N(C)CC34C5=C6C=CC7C8C6=C3C3C6=C8C8C9C(=C%10C=CC%11C%12CCC%13=C(C=C5)C24C2C%13C%12C4C(C6=C9C%10C%114)C32)C=CC78)cc1. The average Bonchev–Trinajstić information content (AvgIpc) is 4.14. The van der Waals surface area contributed by atoms with Crippen LogP contribution in [0, 0.1) is 106 Å². The van der Waals surface area contributed by atoms with Crippen LogP contribution in [0.1, 0.15) is 101 Å². The van der Waals surface area contributed by atoms with Gasteiger partial charge in [-0.2, -0.15) is 0 Å². The molecule has 1 nitrogen and oxygen atoms in total. The Balaban J connectivity index is 0.823. The van der Waals surface area contributed by atoms with Crippen molar-refractivity contribution >= 4 is 0 Å². The second kappa shape index (κ2) is 10.8. The minimum Gasteiger partial charge on any atom is -0.297 e. The van der Waals surface area contributed by atoms with E-state index in [1.807, 2.05) is 39.0 Å². The second-order valence-corrected chi connectivity index (χ2v) is 24.7. The van der Waals surface area contributed by atoms with Gasteiger partial charge in [0.05, 0.1) is 0 Å². The first-order valence-electron chi connectivity index (χ1n) is 26.7. The Morgan fingerprint density at radius 2 is 1.37 bits per heavy atom. The van der Waals surface area contributed by atoms with E-state index in [1.54, 1.807) is 27.8 Å². The zero-order valence-electron chi connectivity index (χ0n) is 37.1. The molecule has 0 aromatic heterocycles. The molecule has 17 aliphatic rings. The quantitative estimate of drug-likeness (QED) is 0.190. The topological polar surface area (TPSA) is 3.24 Å². The van der Waals surface area contributed by atoms with Gasteiger partial charge in [-0.25, -0.2) is 0 Å². The number of hydrogen-bond donors (Lipinski definition) is 0. The molecule has 19 unspecified atom stereocenters. The Bertz CT molecular complexity index is 2750. The van der Waals surface area contributed by atoms with Crippen LogP contribution in [0.25, 0.3) is 0 Å². The normalized spacial score (nSPS) is 50.2. The first-order chi connectivity index (χ1) is 30.7. The maximum absolute atomic E-state index is 2.99. The second-order valence-electron chi connectivity index (χ2n) is 24.7. The van der Waals surface area contributed by atoms with Gasteiger partial charge in [0.1, 0.15) is 0 Å². The van der Waals surface area contributed by atoms with Gasteiger partial charge in [-0.3, -0.25) is 4.90 Å². The fraction of sp³-hybridized carbons (Fsp3) is 0.574. The van der Waals surface area contributed by atoms with Crippen molar-refractivity contribution < 1.29 is 0 Å². The summed E-state index contributed by atoms with van der Waals surface area (Å²) in [5.74, 6) is 12.2. The summed E-state index contributed by atoms with van der Waals surface area (Å²) in [6, 6.07) is 11.0. The van der Waals surface area contributed by atoms with Gasteiger partial charge in [-0.05, 0) is 165 Å². The molecule has 0 amide bonds. The van der Waals surface area contributed by atoms with E-state index in [0.29, 0.717) is 41.5 Å². The molecule has 18 rings (SSSR count). The molecule has 6 saturated carbocycles. The molecule has 0 N–H and O–H groups in total. The average molecular weight is 810 g/mol. The number of unbranched alkanes of at least 4 members (excludes halogenated alkanes) is 9. The van der Waals surface area contributed by atoms with Gasteiger partial charge in [0, 0.05) is 47.1 Å². The lowest BCUT2D eigenvalue weighted by molar-refractivity contribution is -0.103.